The molecule has 16 heavy (non-hydrogen) atoms. The molecule has 2 aromatic rings. The van der Waals surface area contributed by atoms with E-state index in [2.05, 4.69) is 10.3 Å². The van der Waals surface area contributed by atoms with Gasteiger partial charge in [0.1, 0.15) is 18.1 Å². The Kier molecular flexibility index (Phi) is 2.86. The van der Waals surface area contributed by atoms with E-state index < -0.39 is 5.97 Å². The maximum Gasteiger partial charge on any atom is 0.349 e. The fourth-order valence-electron chi connectivity index (χ4n) is 1.18. The normalized spacial score (nSPS) is 10.3. The van der Waals surface area contributed by atoms with Crippen molar-refractivity contribution in [1.82, 2.24) is 15.0 Å². The van der Waals surface area contributed by atoms with Crippen LogP contribution in [-0.4, -0.2) is 26.1 Å². The molecule has 0 aromatic carbocycles. The van der Waals surface area contributed by atoms with Gasteiger partial charge in [-0.15, -0.1) is 16.4 Å². The van der Waals surface area contributed by atoms with E-state index >= 15 is 0 Å². The highest BCUT2D eigenvalue weighted by molar-refractivity contribution is 7.12. The number of thiophene rings is 1. The lowest BCUT2D eigenvalue weighted by atomic mass is 10.4. The molecule has 0 fully saturated rings. The number of carboxylic acids is 1. The van der Waals surface area contributed by atoms with Gasteiger partial charge in [-0.05, 0) is 11.4 Å². The first-order valence-electron chi connectivity index (χ1n) is 4.45. The predicted molar refractivity (Wildman–Crippen MR) is 56.6 cm³/mol. The molecule has 0 aliphatic rings. The quantitative estimate of drug-likeness (QED) is 0.866. The monoisotopic (exact) mass is 239 g/mol. The van der Waals surface area contributed by atoms with E-state index in [0.29, 0.717) is 11.4 Å². The summed E-state index contributed by atoms with van der Waals surface area (Å²) in [5, 5.41) is 18.1. The van der Waals surface area contributed by atoms with Crippen LogP contribution in [-0.2, 0) is 13.7 Å². The standard InChI is InChI=1S/C9H9N3O3S/c1-12-4-6(10-11-12)5-15-7-2-3-16-8(7)9(13)14/h2-4H,5H2,1H3,(H,13,14). The van der Waals surface area contributed by atoms with Gasteiger partial charge in [-0.1, -0.05) is 5.21 Å². The molecule has 84 valence electrons. The van der Waals surface area contributed by atoms with Gasteiger partial charge in [-0.2, -0.15) is 0 Å². The van der Waals surface area contributed by atoms with E-state index in [1.807, 2.05) is 0 Å². The van der Waals surface area contributed by atoms with E-state index in [1.54, 1.807) is 29.4 Å². The Morgan fingerprint density at radius 3 is 3.12 bits per heavy atom. The van der Waals surface area contributed by atoms with Crippen molar-refractivity contribution in [3.8, 4) is 5.75 Å². The van der Waals surface area contributed by atoms with Crippen LogP contribution >= 0.6 is 11.3 Å². The van der Waals surface area contributed by atoms with Gasteiger partial charge < -0.3 is 9.84 Å². The molecule has 0 atom stereocenters. The van der Waals surface area contributed by atoms with Crippen LogP contribution < -0.4 is 4.74 Å². The molecule has 0 spiro atoms. The topological polar surface area (TPSA) is 77.2 Å². The van der Waals surface area contributed by atoms with Crippen molar-refractivity contribution < 1.29 is 14.6 Å². The lowest BCUT2D eigenvalue weighted by Crippen LogP contribution is -2.00. The van der Waals surface area contributed by atoms with E-state index in [-0.39, 0.29) is 11.5 Å². The van der Waals surface area contributed by atoms with Gasteiger partial charge in [0, 0.05) is 7.05 Å². The number of carboxylic acid groups (broad SMARTS) is 1. The van der Waals surface area contributed by atoms with Gasteiger partial charge in [-0.25, -0.2) is 4.79 Å². The van der Waals surface area contributed by atoms with Crippen molar-refractivity contribution in [3.05, 3.63) is 28.2 Å². The SMILES string of the molecule is Cn1cc(COc2ccsc2C(=O)O)nn1. The zero-order valence-corrected chi connectivity index (χ0v) is 9.27. The fourth-order valence-corrected chi connectivity index (χ4v) is 1.85. The van der Waals surface area contributed by atoms with Crippen molar-refractivity contribution in [2.45, 2.75) is 6.61 Å². The number of hydrogen-bond donors (Lipinski definition) is 1. The van der Waals surface area contributed by atoms with Crippen LogP contribution in [0.5, 0.6) is 5.75 Å². The second kappa shape index (κ2) is 4.31. The summed E-state index contributed by atoms with van der Waals surface area (Å²) < 4.78 is 6.91. The van der Waals surface area contributed by atoms with Gasteiger partial charge in [0.15, 0.2) is 4.88 Å². The summed E-state index contributed by atoms with van der Waals surface area (Å²) in [5.41, 5.74) is 0.657. The fraction of sp³-hybridized carbons (Fsp3) is 0.222. The van der Waals surface area contributed by atoms with Gasteiger partial charge >= 0.3 is 5.97 Å². The first-order valence-corrected chi connectivity index (χ1v) is 5.33. The minimum absolute atomic E-state index is 0.198. The van der Waals surface area contributed by atoms with Crippen molar-refractivity contribution in [3.63, 3.8) is 0 Å². The van der Waals surface area contributed by atoms with Crippen molar-refractivity contribution in [2.75, 3.05) is 0 Å². The van der Waals surface area contributed by atoms with E-state index in [0.717, 1.165) is 11.3 Å². The van der Waals surface area contributed by atoms with Crippen molar-refractivity contribution in [1.29, 1.82) is 0 Å². The second-order valence-electron chi connectivity index (χ2n) is 3.09. The Labute approximate surface area is 95.1 Å². The molecule has 0 unspecified atom stereocenters. The number of ether oxygens (including phenoxy) is 1. The summed E-state index contributed by atoms with van der Waals surface area (Å²) in [5.74, 6) is -0.618. The number of hydrogen-bond acceptors (Lipinski definition) is 5. The van der Waals surface area contributed by atoms with Crippen LogP contribution in [0.3, 0.4) is 0 Å². The van der Waals surface area contributed by atoms with Crippen molar-refractivity contribution in [2.24, 2.45) is 7.05 Å². The molecule has 0 aliphatic heterocycles. The zero-order chi connectivity index (χ0) is 11.5. The smallest absolute Gasteiger partial charge is 0.349 e. The molecule has 2 heterocycles. The molecule has 6 nitrogen and oxygen atoms in total. The molecule has 0 amide bonds. The lowest BCUT2D eigenvalue weighted by Gasteiger charge is -2.01. The van der Waals surface area contributed by atoms with Crippen LogP contribution in [0, 0.1) is 0 Å². The van der Waals surface area contributed by atoms with E-state index in [4.69, 9.17) is 9.84 Å². The van der Waals surface area contributed by atoms with Gasteiger partial charge in [0.05, 0.1) is 6.20 Å². The average molecular weight is 239 g/mol. The number of aryl methyl sites for hydroxylation is 1. The highest BCUT2D eigenvalue weighted by Crippen LogP contribution is 2.25. The number of rotatable bonds is 4. The van der Waals surface area contributed by atoms with E-state index in [1.165, 1.54) is 0 Å². The minimum Gasteiger partial charge on any atom is -0.485 e. The molecule has 2 aromatic heterocycles. The highest BCUT2D eigenvalue weighted by Gasteiger charge is 2.13. The predicted octanol–water partition coefficient (Wildman–Crippen LogP) is 1.15. The largest absolute Gasteiger partial charge is 0.485 e. The molecule has 0 radical (unpaired) electrons. The van der Waals surface area contributed by atoms with Crippen LogP contribution in [0.25, 0.3) is 0 Å². The molecular weight excluding hydrogens is 230 g/mol. The summed E-state index contributed by atoms with van der Waals surface area (Å²) in [7, 11) is 1.75. The molecule has 0 aliphatic carbocycles. The number of aromatic nitrogens is 3. The second-order valence-corrected chi connectivity index (χ2v) is 4.01. The third-order valence-electron chi connectivity index (χ3n) is 1.85. The average Bonchev–Trinajstić information content (AvgIpc) is 2.83. The summed E-state index contributed by atoms with van der Waals surface area (Å²) in [4.78, 5) is 11.0. The molecule has 7 heteroatoms. The summed E-state index contributed by atoms with van der Waals surface area (Å²) >= 11 is 1.13. The van der Waals surface area contributed by atoms with Crippen LogP contribution in [0.1, 0.15) is 15.4 Å². The summed E-state index contributed by atoms with van der Waals surface area (Å²) in [6.45, 7) is 0.213. The summed E-state index contributed by atoms with van der Waals surface area (Å²) in [6.07, 6.45) is 1.72. The Bertz CT molecular complexity index is 506. The molecule has 0 bridgehead atoms. The minimum atomic E-state index is -0.982. The lowest BCUT2D eigenvalue weighted by molar-refractivity contribution is 0.0697. The molecule has 0 saturated heterocycles. The van der Waals surface area contributed by atoms with Gasteiger partial charge in [0.25, 0.3) is 0 Å². The summed E-state index contributed by atoms with van der Waals surface area (Å²) in [6, 6.07) is 1.63. The first-order chi connectivity index (χ1) is 7.66. The molecular formula is C9H9N3O3S. The Balaban J connectivity index is 2.04. The number of nitrogens with zero attached hydrogens (tertiary/aromatic N) is 3. The van der Waals surface area contributed by atoms with Gasteiger partial charge in [0.2, 0.25) is 0 Å². The third-order valence-corrected chi connectivity index (χ3v) is 2.73. The van der Waals surface area contributed by atoms with Crippen LogP contribution in [0.2, 0.25) is 0 Å². The highest BCUT2D eigenvalue weighted by atomic mass is 32.1. The van der Waals surface area contributed by atoms with Crippen molar-refractivity contribution >= 4 is 17.3 Å². The van der Waals surface area contributed by atoms with E-state index in [9.17, 15) is 4.79 Å². The zero-order valence-electron chi connectivity index (χ0n) is 8.45. The Morgan fingerprint density at radius 2 is 2.50 bits per heavy atom. The molecule has 1 N–H and O–H groups in total. The molecule has 2 rings (SSSR count). The Hall–Kier alpha value is -1.89. The van der Waals surface area contributed by atoms with Crippen LogP contribution in [0.4, 0.5) is 0 Å². The number of carbonyl (C=O) groups is 1. The molecule has 0 saturated carbocycles. The van der Waals surface area contributed by atoms with Crippen LogP contribution in [0.15, 0.2) is 17.6 Å². The Morgan fingerprint density at radius 1 is 1.69 bits per heavy atom. The van der Waals surface area contributed by atoms with Gasteiger partial charge in [-0.3, -0.25) is 4.68 Å². The maximum absolute atomic E-state index is 10.8. The first kappa shape index (κ1) is 10.6. The maximum atomic E-state index is 10.8. The number of aromatic carboxylic acids is 1. The third kappa shape index (κ3) is 2.19.